The van der Waals surface area contributed by atoms with Crippen LogP contribution in [-0.2, 0) is 19.1 Å². The molecule has 0 N–H and O–H groups in total. The molecule has 3 atom stereocenters. The predicted octanol–water partition coefficient (Wildman–Crippen LogP) is 3.33. The fourth-order valence-corrected chi connectivity index (χ4v) is 4.34. The lowest BCUT2D eigenvalue weighted by molar-refractivity contribution is -0.155. The second kappa shape index (κ2) is 8.61. The molecule has 1 saturated carbocycles. The van der Waals surface area contributed by atoms with E-state index >= 15 is 0 Å². The molecule has 30 heavy (non-hydrogen) atoms. The monoisotopic (exact) mass is 405 g/mol. The van der Waals surface area contributed by atoms with E-state index in [1.165, 1.54) is 0 Å². The molecule has 1 aliphatic carbocycles. The van der Waals surface area contributed by atoms with Crippen LogP contribution in [0, 0.1) is 11.8 Å². The molecule has 2 amide bonds. The molecule has 6 nitrogen and oxygen atoms in total. The van der Waals surface area contributed by atoms with E-state index in [0.717, 1.165) is 17.7 Å². The summed E-state index contributed by atoms with van der Waals surface area (Å²) < 4.78 is 5.53. The number of carbonyl (C=O) groups is 4. The molecule has 2 aliphatic rings. The minimum Gasteiger partial charge on any atom is -0.448 e. The Morgan fingerprint density at radius 2 is 1.40 bits per heavy atom. The Bertz CT molecular complexity index is 932. The number of Topliss-reactive ketones (excluding diaryl/α,β-unsaturated/α-hetero) is 1. The fourth-order valence-electron chi connectivity index (χ4n) is 4.34. The molecule has 2 fully saturated rings. The Balaban J connectivity index is 1.52. The molecular formula is C24H23NO5. The van der Waals surface area contributed by atoms with Gasteiger partial charge in [-0.25, -0.2) is 0 Å². The number of hydrogen-bond donors (Lipinski definition) is 0. The zero-order chi connectivity index (χ0) is 21.1. The number of amides is 2. The van der Waals surface area contributed by atoms with Gasteiger partial charge >= 0.3 is 5.97 Å². The third kappa shape index (κ3) is 3.90. The van der Waals surface area contributed by atoms with E-state index in [-0.39, 0.29) is 29.4 Å². The molecule has 0 radical (unpaired) electrons. The molecule has 0 aromatic heterocycles. The Morgan fingerprint density at radius 3 is 1.97 bits per heavy atom. The Labute approximate surface area is 174 Å². The maximum Gasteiger partial charge on any atom is 0.327 e. The van der Waals surface area contributed by atoms with Gasteiger partial charge in [-0.15, -0.1) is 0 Å². The summed E-state index contributed by atoms with van der Waals surface area (Å²) in [4.78, 5) is 52.0. The Morgan fingerprint density at radius 1 is 0.867 bits per heavy atom. The third-order valence-electron chi connectivity index (χ3n) is 5.87. The van der Waals surface area contributed by atoms with E-state index in [9.17, 15) is 19.2 Å². The lowest BCUT2D eigenvalue weighted by Crippen LogP contribution is -2.37. The fraction of sp³-hybridized carbons (Fsp3) is 0.333. The van der Waals surface area contributed by atoms with Crippen LogP contribution >= 0.6 is 0 Å². The molecule has 2 aromatic rings. The van der Waals surface area contributed by atoms with Crippen LogP contribution in [0.15, 0.2) is 60.7 Å². The number of fused-ring (bicyclic) bond motifs is 1. The van der Waals surface area contributed by atoms with Crippen molar-refractivity contribution in [3.63, 3.8) is 0 Å². The van der Waals surface area contributed by atoms with Gasteiger partial charge in [-0.2, -0.15) is 0 Å². The first-order valence-corrected chi connectivity index (χ1v) is 10.2. The first-order valence-electron chi connectivity index (χ1n) is 10.2. The van der Waals surface area contributed by atoms with Crippen LogP contribution in [0.3, 0.4) is 0 Å². The number of rotatable bonds is 6. The largest absolute Gasteiger partial charge is 0.448 e. The topological polar surface area (TPSA) is 80.8 Å². The highest BCUT2D eigenvalue weighted by Crippen LogP contribution is 2.38. The molecule has 154 valence electrons. The Kier molecular flexibility index (Phi) is 5.74. The quantitative estimate of drug-likeness (QED) is 0.418. The highest BCUT2D eigenvalue weighted by Gasteiger charge is 2.48. The molecule has 0 spiro atoms. The summed E-state index contributed by atoms with van der Waals surface area (Å²) in [6.45, 7) is -0.462. The minimum atomic E-state index is -1.14. The molecule has 0 bridgehead atoms. The van der Waals surface area contributed by atoms with Gasteiger partial charge in [-0.3, -0.25) is 24.1 Å². The van der Waals surface area contributed by atoms with Crippen molar-refractivity contribution in [2.45, 2.75) is 31.8 Å². The highest BCUT2D eigenvalue weighted by molar-refractivity contribution is 6.07. The predicted molar refractivity (Wildman–Crippen MR) is 108 cm³/mol. The standard InChI is InChI=1S/C24H23NO5/c26-20(15-25-23(28)18-13-7-8-14-19(18)24(25)29)30-22(17-11-5-2-6-12-17)21(27)16-9-3-1-4-10-16/h1-6,9-12,18-19,22H,7-8,13-15H2. The number of carbonyl (C=O) groups excluding carboxylic acids is 4. The van der Waals surface area contributed by atoms with Crippen LogP contribution in [0.25, 0.3) is 0 Å². The van der Waals surface area contributed by atoms with Gasteiger partial charge in [-0.1, -0.05) is 73.5 Å². The number of esters is 1. The Hall–Kier alpha value is -3.28. The van der Waals surface area contributed by atoms with E-state index in [4.69, 9.17) is 4.74 Å². The second-order valence-electron chi connectivity index (χ2n) is 7.77. The van der Waals surface area contributed by atoms with Gasteiger partial charge in [0.05, 0.1) is 11.8 Å². The number of ketones is 1. The van der Waals surface area contributed by atoms with Gasteiger partial charge in [0.25, 0.3) is 0 Å². The summed E-state index contributed by atoms with van der Waals surface area (Å²) in [6.07, 6.45) is 2.05. The lowest BCUT2D eigenvalue weighted by atomic mass is 9.81. The summed E-state index contributed by atoms with van der Waals surface area (Å²) in [6, 6.07) is 17.3. The maximum atomic E-state index is 13.0. The van der Waals surface area contributed by atoms with Gasteiger partial charge in [0.15, 0.2) is 6.10 Å². The van der Waals surface area contributed by atoms with Crippen LogP contribution in [-0.4, -0.2) is 35.0 Å². The minimum absolute atomic E-state index is 0.299. The van der Waals surface area contributed by atoms with E-state index in [2.05, 4.69) is 0 Å². The van der Waals surface area contributed by atoms with Crippen molar-refractivity contribution in [2.75, 3.05) is 6.54 Å². The van der Waals surface area contributed by atoms with Gasteiger partial charge < -0.3 is 4.74 Å². The molecule has 4 rings (SSSR count). The van der Waals surface area contributed by atoms with Crippen LogP contribution in [0.4, 0.5) is 0 Å². The van der Waals surface area contributed by atoms with Gasteiger partial charge in [-0.05, 0) is 12.8 Å². The van der Waals surface area contributed by atoms with E-state index in [0.29, 0.717) is 24.0 Å². The number of nitrogens with zero attached hydrogens (tertiary/aromatic N) is 1. The van der Waals surface area contributed by atoms with Crippen LogP contribution in [0.1, 0.15) is 47.7 Å². The summed E-state index contributed by atoms with van der Waals surface area (Å²) in [7, 11) is 0. The summed E-state index contributed by atoms with van der Waals surface area (Å²) in [5.41, 5.74) is 0.950. The van der Waals surface area contributed by atoms with Crippen molar-refractivity contribution >= 4 is 23.6 Å². The molecular weight excluding hydrogens is 382 g/mol. The maximum absolute atomic E-state index is 13.0. The molecule has 1 aliphatic heterocycles. The van der Waals surface area contributed by atoms with Gasteiger partial charge in [0.1, 0.15) is 6.54 Å². The van der Waals surface area contributed by atoms with Gasteiger partial charge in [0, 0.05) is 11.1 Å². The zero-order valence-electron chi connectivity index (χ0n) is 16.5. The zero-order valence-corrected chi connectivity index (χ0v) is 16.5. The van der Waals surface area contributed by atoms with Gasteiger partial charge in [0.2, 0.25) is 17.6 Å². The van der Waals surface area contributed by atoms with Crippen molar-refractivity contribution in [1.82, 2.24) is 4.90 Å². The van der Waals surface area contributed by atoms with E-state index in [1.807, 2.05) is 0 Å². The average Bonchev–Trinajstić information content (AvgIpc) is 3.03. The molecule has 1 heterocycles. The normalized spacial score (nSPS) is 21.8. The average molecular weight is 405 g/mol. The second-order valence-corrected chi connectivity index (χ2v) is 7.77. The van der Waals surface area contributed by atoms with E-state index in [1.54, 1.807) is 60.7 Å². The van der Waals surface area contributed by atoms with Crippen molar-refractivity contribution in [2.24, 2.45) is 11.8 Å². The first-order chi connectivity index (χ1) is 14.6. The van der Waals surface area contributed by atoms with Crippen molar-refractivity contribution in [3.05, 3.63) is 71.8 Å². The number of ether oxygens (including phenoxy) is 1. The van der Waals surface area contributed by atoms with E-state index < -0.39 is 18.6 Å². The van der Waals surface area contributed by atoms with Crippen molar-refractivity contribution in [3.8, 4) is 0 Å². The molecule has 2 aromatic carbocycles. The molecule has 1 saturated heterocycles. The van der Waals surface area contributed by atoms with Crippen LogP contribution in [0.2, 0.25) is 0 Å². The summed E-state index contributed by atoms with van der Waals surface area (Å²) in [5, 5.41) is 0. The number of imide groups is 1. The van der Waals surface area contributed by atoms with Crippen molar-refractivity contribution in [1.29, 1.82) is 0 Å². The third-order valence-corrected chi connectivity index (χ3v) is 5.87. The van der Waals surface area contributed by atoms with Crippen LogP contribution < -0.4 is 0 Å². The number of benzene rings is 2. The molecule has 3 unspecified atom stereocenters. The smallest absolute Gasteiger partial charge is 0.327 e. The summed E-state index contributed by atoms with van der Waals surface area (Å²) in [5.74, 6) is -2.37. The highest BCUT2D eigenvalue weighted by atomic mass is 16.5. The van der Waals surface area contributed by atoms with Crippen LogP contribution in [0.5, 0.6) is 0 Å². The molecule has 6 heteroatoms. The van der Waals surface area contributed by atoms with Crippen molar-refractivity contribution < 1.29 is 23.9 Å². The summed E-state index contributed by atoms with van der Waals surface area (Å²) >= 11 is 0. The SMILES string of the molecule is O=C(CN1C(=O)C2CCCCC2C1=O)OC(C(=O)c1ccccc1)c1ccccc1. The number of hydrogen-bond acceptors (Lipinski definition) is 5. The lowest BCUT2D eigenvalue weighted by Gasteiger charge is -2.20. The number of likely N-dealkylation sites (tertiary alicyclic amines) is 1. The first kappa shape index (κ1) is 20.0.